The number of methoxy groups -OCH3 is 1. The third-order valence-corrected chi connectivity index (χ3v) is 11.1. The van der Waals surface area contributed by atoms with Gasteiger partial charge in [-0.1, -0.05) is 27.7 Å². The van der Waals surface area contributed by atoms with Gasteiger partial charge in [0.2, 0.25) is 0 Å². The fourth-order valence-electron chi connectivity index (χ4n) is 8.46. The fourth-order valence-corrected chi connectivity index (χ4v) is 8.74. The molecule has 4 fully saturated rings. The van der Waals surface area contributed by atoms with E-state index in [1.54, 1.807) is 0 Å². The van der Waals surface area contributed by atoms with E-state index in [9.17, 15) is 9.90 Å². The van der Waals surface area contributed by atoms with Crippen molar-refractivity contribution < 1.29 is 24.1 Å². The van der Waals surface area contributed by atoms with E-state index in [1.807, 2.05) is 0 Å². The van der Waals surface area contributed by atoms with Crippen LogP contribution in [0.5, 0.6) is 0 Å². The van der Waals surface area contributed by atoms with E-state index in [1.165, 1.54) is 7.11 Å². The molecule has 4 aliphatic rings. The number of carbonyl (C=O) groups excluding carboxylic acids is 1. The van der Waals surface area contributed by atoms with E-state index >= 15 is 0 Å². The molecule has 0 aliphatic heterocycles. The van der Waals surface area contributed by atoms with Crippen LogP contribution in [0.3, 0.4) is 0 Å². The second-order valence-corrected chi connectivity index (χ2v) is 12.9. The Hall–Kier alpha value is -0.830. The first-order valence-electron chi connectivity index (χ1n) is 13.6. The standard InChI is InChI=1S/C27H46N2O5S.ClH/c1-16(2)21(15-30)29-23(35)33-18-8-11-25(3)17(14-18)6-7-20-19(25)9-12-26(4)22(34-24(31)32-5)10-13-27(20,26)28;/h16-22,30H,6-15,28H2,1-5H3,(H,29,35);1H/t17-,18+,19+,20-,21?,22+,25+,26-,27+;/m1./s1. The van der Waals surface area contributed by atoms with Crippen molar-refractivity contribution in [1.29, 1.82) is 0 Å². The first kappa shape index (κ1) is 29.7. The smallest absolute Gasteiger partial charge is 0.468 e. The molecule has 0 spiro atoms. The molecule has 1 unspecified atom stereocenters. The van der Waals surface area contributed by atoms with Gasteiger partial charge in [0.15, 0.2) is 0 Å². The number of thiocarbonyl (C=S) groups is 1. The Bertz CT molecular complexity index is 817. The van der Waals surface area contributed by atoms with E-state index in [0.29, 0.717) is 22.9 Å². The summed E-state index contributed by atoms with van der Waals surface area (Å²) < 4.78 is 16.7. The molecular weight excluding hydrogens is 500 g/mol. The molecule has 7 nitrogen and oxygen atoms in total. The predicted octanol–water partition coefficient (Wildman–Crippen LogP) is 4.96. The van der Waals surface area contributed by atoms with Gasteiger partial charge in [0.05, 0.1) is 19.8 Å². The molecule has 4 aliphatic carbocycles. The number of rotatable bonds is 5. The summed E-state index contributed by atoms with van der Waals surface area (Å²) in [5, 5.41) is 13.2. The van der Waals surface area contributed by atoms with Gasteiger partial charge in [-0.3, -0.25) is 0 Å². The van der Waals surface area contributed by atoms with Crippen molar-refractivity contribution in [3.63, 3.8) is 0 Å². The molecule has 0 amide bonds. The summed E-state index contributed by atoms with van der Waals surface area (Å²) in [6.45, 7) is 8.91. The summed E-state index contributed by atoms with van der Waals surface area (Å²) in [5.41, 5.74) is 7.05. The molecule has 0 heterocycles. The molecule has 0 bridgehead atoms. The van der Waals surface area contributed by atoms with Gasteiger partial charge in [0.1, 0.15) is 12.2 Å². The summed E-state index contributed by atoms with van der Waals surface area (Å²) in [7, 11) is 1.37. The Morgan fingerprint density at radius 1 is 1.08 bits per heavy atom. The highest BCUT2D eigenvalue weighted by Crippen LogP contribution is 2.67. The second-order valence-electron chi connectivity index (χ2n) is 12.6. The highest BCUT2D eigenvalue weighted by molar-refractivity contribution is 7.80. The number of hydrogen-bond acceptors (Lipinski definition) is 7. The van der Waals surface area contributed by atoms with Crippen LogP contribution in [0.25, 0.3) is 0 Å². The molecule has 0 radical (unpaired) electrons. The summed E-state index contributed by atoms with van der Waals surface area (Å²) in [5.74, 6) is 1.91. The van der Waals surface area contributed by atoms with Crippen molar-refractivity contribution in [2.75, 3.05) is 13.7 Å². The van der Waals surface area contributed by atoms with Crippen LogP contribution in [-0.2, 0) is 14.2 Å². The van der Waals surface area contributed by atoms with Crippen molar-refractivity contribution in [3.05, 3.63) is 0 Å². The van der Waals surface area contributed by atoms with Crippen LogP contribution in [0.4, 0.5) is 4.79 Å². The Balaban J connectivity index is 0.00000361. The summed E-state index contributed by atoms with van der Waals surface area (Å²) in [6, 6.07) is -0.0810. The number of carbonyl (C=O) groups is 1. The number of halogens is 1. The molecule has 0 aromatic heterocycles. The number of aliphatic hydroxyl groups is 1. The topological polar surface area (TPSA) is 103 Å². The molecule has 0 aromatic rings. The van der Waals surface area contributed by atoms with Crippen LogP contribution in [0.15, 0.2) is 0 Å². The first-order chi connectivity index (χ1) is 16.5. The molecule has 36 heavy (non-hydrogen) atoms. The SMILES string of the molecule is COC(=O)O[C@H]1CC[C@]2(N)[C@@H]3CC[C@@H]4C[C@@H](OC(=S)NC(CO)C(C)C)CC[C@]4(C)[C@H]3CC[C@]12C.Cl. The number of nitrogens with one attached hydrogen (secondary N) is 1. The lowest BCUT2D eigenvalue weighted by molar-refractivity contribution is -0.144. The normalized spacial score (nSPS) is 42.2. The average Bonchev–Trinajstić information content (AvgIpc) is 3.08. The van der Waals surface area contributed by atoms with Crippen LogP contribution in [0.1, 0.15) is 85.5 Å². The zero-order valence-electron chi connectivity index (χ0n) is 22.6. The van der Waals surface area contributed by atoms with Gasteiger partial charge in [-0.2, -0.15) is 0 Å². The maximum Gasteiger partial charge on any atom is 0.508 e. The minimum atomic E-state index is -0.595. The van der Waals surface area contributed by atoms with Gasteiger partial charge in [0, 0.05) is 11.0 Å². The molecule has 0 saturated heterocycles. The predicted molar refractivity (Wildman–Crippen MR) is 146 cm³/mol. The summed E-state index contributed by atoms with van der Waals surface area (Å²) in [6.07, 6.45) is 8.61. The lowest BCUT2D eigenvalue weighted by Gasteiger charge is -2.64. The first-order valence-corrected chi connectivity index (χ1v) is 14.0. The molecule has 208 valence electrons. The fraction of sp³-hybridized carbons (Fsp3) is 0.926. The van der Waals surface area contributed by atoms with Gasteiger partial charge >= 0.3 is 6.16 Å². The lowest BCUT2D eigenvalue weighted by Crippen LogP contribution is -2.67. The van der Waals surface area contributed by atoms with E-state index < -0.39 is 6.16 Å². The van der Waals surface area contributed by atoms with Crippen molar-refractivity contribution in [2.24, 2.45) is 40.2 Å². The highest BCUT2D eigenvalue weighted by Gasteiger charge is 2.67. The molecule has 4 N–H and O–H groups in total. The molecule has 0 aromatic carbocycles. The van der Waals surface area contributed by atoms with E-state index in [0.717, 1.165) is 57.8 Å². The summed E-state index contributed by atoms with van der Waals surface area (Å²) >= 11 is 5.49. The Morgan fingerprint density at radius 3 is 2.44 bits per heavy atom. The van der Waals surface area contributed by atoms with Crippen molar-refractivity contribution in [2.45, 2.75) is 109 Å². The molecule has 9 heteroatoms. The minimum Gasteiger partial charge on any atom is -0.468 e. The van der Waals surface area contributed by atoms with Crippen molar-refractivity contribution >= 4 is 36.0 Å². The van der Waals surface area contributed by atoms with Gasteiger partial charge in [0.25, 0.3) is 5.17 Å². The Labute approximate surface area is 228 Å². The number of fused-ring (bicyclic) bond motifs is 5. The van der Waals surface area contributed by atoms with E-state index in [4.69, 9.17) is 32.2 Å². The molecule has 4 saturated carbocycles. The minimum absolute atomic E-state index is 0. The average molecular weight is 547 g/mol. The van der Waals surface area contributed by atoms with Crippen LogP contribution >= 0.6 is 24.6 Å². The largest absolute Gasteiger partial charge is 0.508 e. The number of nitrogens with two attached hydrogens (primary N) is 1. The van der Waals surface area contributed by atoms with Gasteiger partial charge in [-0.25, -0.2) is 4.79 Å². The number of hydrogen-bond donors (Lipinski definition) is 3. The van der Waals surface area contributed by atoms with E-state index in [2.05, 4.69) is 33.0 Å². The molecular formula is C27H47ClN2O5S. The lowest BCUT2D eigenvalue weighted by atomic mass is 9.43. The van der Waals surface area contributed by atoms with E-state index in [-0.39, 0.29) is 59.6 Å². The quantitative estimate of drug-likeness (QED) is 0.328. The van der Waals surface area contributed by atoms with Gasteiger partial charge < -0.3 is 30.4 Å². The van der Waals surface area contributed by atoms with Crippen LogP contribution < -0.4 is 11.1 Å². The third-order valence-electron chi connectivity index (χ3n) is 10.9. The third kappa shape index (κ3) is 4.96. The van der Waals surface area contributed by atoms with Crippen LogP contribution in [-0.4, -0.2) is 53.9 Å². The van der Waals surface area contributed by atoms with Crippen molar-refractivity contribution in [1.82, 2.24) is 5.32 Å². The number of aliphatic hydroxyl groups excluding tert-OH is 1. The van der Waals surface area contributed by atoms with Gasteiger partial charge in [-0.05, 0) is 99.1 Å². The Kier molecular flexibility index (Phi) is 9.17. The molecule has 9 atom stereocenters. The Morgan fingerprint density at radius 2 is 1.81 bits per heavy atom. The number of ether oxygens (including phenoxy) is 3. The zero-order valence-corrected chi connectivity index (χ0v) is 24.2. The van der Waals surface area contributed by atoms with Crippen molar-refractivity contribution in [3.8, 4) is 0 Å². The second kappa shape index (κ2) is 11.1. The molecule has 4 rings (SSSR count). The zero-order chi connectivity index (χ0) is 25.6. The van der Waals surface area contributed by atoms with Crippen LogP contribution in [0.2, 0.25) is 0 Å². The monoisotopic (exact) mass is 546 g/mol. The summed E-state index contributed by atoms with van der Waals surface area (Å²) in [4.78, 5) is 11.9. The van der Waals surface area contributed by atoms with Gasteiger partial charge in [-0.15, -0.1) is 12.4 Å². The highest BCUT2D eigenvalue weighted by atomic mass is 35.5. The maximum atomic E-state index is 11.9. The maximum absolute atomic E-state index is 11.9. The van der Waals surface area contributed by atoms with Crippen LogP contribution in [0, 0.1) is 34.5 Å².